The number of hydrogen-bond donors (Lipinski definition) is 0. The molecule has 0 aliphatic carbocycles. The van der Waals surface area contributed by atoms with Crippen molar-refractivity contribution >= 4 is 8.46 Å². The van der Waals surface area contributed by atoms with Crippen LogP contribution in [0.15, 0.2) is 36.5 Å². The average Bonchev–Trinajstić information content (AvgIpc) is 2.60. The molecule has 0 amide bonds. The molecule has 0 N–H and O–H groups in total. The summed E-state index contributed by atoms with van der Waals surface area (Å²) < 4.78 is 66.4. The number of alkyl halides is 3. The van der Waals surface area contributed by atoms with Crippen molar-refractivity contribution in [2.24, 2.45) is 0 Å². The molecule has 9 heteroatoms. The molecule has 2 rings (SSSR count). The first kappa shape index (κ1) is 21.3. The first-order valence-corrected chi connectivity index (χ1v) is 9.01. The number of benzene rings is 1. The van der Waals surface area contributed by atoms with Gasteiger partial charge in [-0.05, 0) is 50.6 Å². The van der Waals surface area contributed by atoms with Gasteiger partial charge in [0.25, 0.3) is 5.53 Å². The molecule has 0 aliphatic rings. The topological polar surface area (TPSA) is 57.7 Å². The molecule has 0 unspecified atom stereocenters. The molecule has 0 aliphatic heterocycles. The van der Waals surface area contributed by atoms with Crippen LogP contribution in [-0.2, 0) is 25.7 Å². The molecular weight excluding hydrogens is 382 g/mol. The van der Waals surface area contributed by atoms with Crippen molar-refractivity contribution in [1.82, 2.24) is 4.98 Å². The summed E-state index contributed by atoms with van der Waals surface area (Å²) in [5.74, 6) is 0.308. The van der Waals surface area contributed by atoms with Crippen molar-refractivity contribution in [2.45, 2.75) is 32.5 Å². The third kappa shape index (κ3) is 5.25. The minimum absolute atomic E-state index is 0.00218. The Bertz CT molecular complexity index is 775. The third-order valence-electron chi connectivity index (χ3n) is 3.50. The molecule has 0 spiro atoms. The number of hydrogen-bond acceptors (Lipinski definition) is 5. The summed E-state index contributed by atoms with van der Waals surface area (Å²) in [7, 11) is -0.385. The van der Waals surface area contributed by atoms with Gasteiger partial charge in [0.1, 0.15) is 5.75 Å². The number of ether oxygens (including phenoxy) is 3. The Hall–Kier alpha value is -2.02. The highest BCUT2D eigenvalue weighted by Gasteiger charge is 2.36. The molecule has 1 heterocycles. The van der Waals surface area contributed by atoms with Crippen molar-refractivity contribution < 1.29 is 31.9 Å². The molecule has 0 saturated carbocycles. The first-order chi connectivity index (χ1) is 12.7. The van der Waals surface area contributed by atoms with Crippen LogP contribution in [0.3, 0.4) is 0 Å². The van der Waals surface area contributed by atoms with E-state index >= 15 is 0 Å². The summed E-state index contributed by atoms with van der Waals surface area (Å²) in [5.41, 5.74) is -1.12. The highest BCUT2D eigenvalue weighted by atomic mass is 31.1. The Morgan fingerprint density at radius 1 is 1.04 bits per heavy atom. The molecule has 0 atom stereocenters. The molecule has 27 heavy (non-hydrogen) atoms. The van der Waals surface area contributed by atoms with E-state index < -0.39 is 17.3 Å². The van der Waals surface area contributed by atoms with Gasteiger partial charge >= 0.3 is 6.18 Å². The maximum Gasteiger partial charge on any atom is 0.417 e. The predicted octanol–water partition coefficient (Wildman–Crippen LogP) is 5.68. The van der Waals surface area contributed by atoms with Crippen LogP contribution in [0.2, 0.25) is 0 Å². The lowest BCUT2D eigenvalue weighted by molar-refractivity contribution is -0.176. The lowest BCUT2D eigenvalue weighted by Crippen LogP contribution is -2.27. The molecule has 1 aromatic heterocycles. The van der Waals surface area contributed by atoms with E-state index in [2.05, 4.69) is 4.98 Å². The summed E-state index contributed by atoms with van der Waals surface area (Å²) in [6, 6.07) is 6.99. The van der Waals surface area contributed by atoms with Gasteiger partial charge in [0.2, 0.25) is 14.3 Å². The maximum absolute atomic E-state index is 12.6. The molecule has 0 saturated heterocycles. The smallest absolute Gasteiger partial charge is 0.417 e. The summed E-state index contributed by atoms with van der Waals surface area (Å²) in [5, 5.41) is 0. The van der Waals surface area contributed by atoms with E-state index in [0.717, 1.165) is 17.7 Å². The van der Waals surface area contributed by atoms with E-state index in [9.17, 15) is 17.7 Å². The van der Waals surface area contributed by atoms with Crippen LogP contribution in [0, 0.1) is 6.92 Å². The Balaban J connectivity index is 2.35. The highest BCUT2D eigenvalue weighted by molar-refractivity contribution is 7.24. The van der Waals surface area contributed by atoms with Crippen LogP contribution < -0.4 is 4.74 Å². The second kappa shape index (κ2) is 8.78. The number of rotatable bonds is 8. The fourth-order valence-corrected chi connectivity index (χ4v) is 3.02. The molecule has 0 fully saturated rings. The number of aryl methyl sites for hydroxylation is 1. The number of pyridine rings is 1. The molecule has 1 aromatic carbocycles. The van der Waals surface area contributed by atoms with Gasteiger partial charge in [-0.25, -0.2) is 4.98 Å². The molecule has 2 aromatic rings. The summed E-state index contributed by atoms with van der Waals surface area (Å²) in [4.78, 5) is 3.69. The predicted molar refractivity (Wildman–Crippen MR) is 93.0 cm³/mol. The van der Waals surface area contributed by atoms with Crippen LogP contribution in [0.5, 0.6) is 11.6 Å². The third-order valence-corrected chi connectivity index (χ3v) is 4.26. The van der Waals surface area contributed by atoms with Crippen LogP contribution in [0.25, 0.3) is 0 Å². The summed E-state index contributed by atoms with van der Waals surface area (Å²) in [6.45, 7) is 5.82. The van der Waals surface area contributed by atoms with E-state index in [1.54, 1.807) is 39.0 Å². The molecular formula is C18H19F3NO4P. The SMILES string of the molecule is CCOC(OCC)(P=O)c1cc(C)cc(Oc2ccc(C(F)(F)F)cn2)c1. The average molecular weight is 401 g/mol. The van der Waals surface area contributed by atoms with Gasteiger partial charge in [0, 0.05) is 31.0 Å². The zero-order valence-corrected chi connectivity index (χ0v) is 15.9. The maximum atomic E-state index is 12.6. The zero-order chi connectivity index (χ0) is 20.1. The van der Waals surface area contributed by atoms with Gasteiger partial charge < -0.3 is 14.2 Å². The van der Waals surface area contributed by atoms with Crippen molar-refractivity contribution in [3.63, 3.8) is 0 Å². The fraction of sp³-hybridized carbons (Fsp3) is 0.389. The summed E-state index contributed by atoms with van der Waals surface area (Å²) >= 11 is 0. The van der Waals surface area contributed by atoms with Gasteiger partial charge in [-0.1, -0.05) is 0 Å². The van der Waals surface area contributed by atoms with Crippen molar-refractivity contribution in [3.8, 4) is 11.6 Å². The van der Waals surface area contributed by atoms with Crippen molar-refractivity contribution in [2.75, 3.05) is 13.2 Å². The second-order valence-corrected chi connectivity index (χ2v) is 6.33. The van der Waals surface area contributed by atoms with E-state index in [0.29, 0.717) is 17.5 Å². The second-order valence-electron chi connectivity index (χ2n) is 5.56. The van der Waals surface area contributed by atoms with Crippen LogP contribution in [0.1, 0.15) is 30.5 Å². The Morgan fingerprint density at radius 2 is 1.70 bits per heavy atom. The minimum atomic E-state index is -4.47. The minimum Gasteiger partial charge on any atom is -0.439 e. The standard InChI is InChI=1S/C18H19F3NO4P/c1-4-24-18(27-23,25-5-2)14-8-12(3)9-15(10-14)26-16-7-6-13(11-22-16)17(19,20)21/h6-11H,4-5H2,1-3H3. The van der Waals surface area contributed by atoms with Crippen LogP contribution >= 0.6 is 8.46 Å². The Kier molecular flexibility index (Phi) is 6.92. The van der Waals surface area contributed by atoms with Gasteiger partial charge in [-0.15, -0.1) is 0 Å². The zero-order valence-electron chi connectivity index (χ0n) is 15.0. The van der Waals surface area contributed by atoms with Crippen LogP contribution in [0.4, 0.5) is 13.2 Å². The summed E-state index contributed by atoms with van der Waals surface area (Å²) in [6.07, 6.45) is -3.77. The molecule has 146 valence electrons. The van der Waals surface area contributed by atoms with Crippen molar-refractivity contribution in [3.05, 3.63) is 53.2 Å². The van der Waals surface area contributed by atoms with E-state index in [1.165, 1.54) is 0 Å². The first-order valence-electron chi connectivity index (χ1n) is 8.19. The van der Waals surface area contributed by atoms with E-state index in [4.69, 9.17) is 14.2 Å². The Labute approximate surface area is 156 Å². The van der Waals surface area contributed by atoms with Crippen molar-refractivity contribution in [1.29, 1.82) is 0 Å². The molecule has 0 bridgehead atoms. The van der Waals surface area contributed by atoms with Gasteiger partial charge in [-0.3, -0.25) is 4.57 Å². The van der Waals surface area contributed by atoms with Crippen LogP contribution in [-0.4, -0.2) is 18.2 Å². The highest BCUT2D eigenvalue weighted by Crippen LogP contribution is 2.40. The van der Waals surface area contributed by atoms with E-state index in [-0.39, 0.29) is 27.6 Å². The lowest BCUT2D eigenvalue weighted by Gasteiger charge is -2.27. The normalized spacial score (nSPS) is 12.4. The molecule has 5 nitrogen and oxygen atoms in total. The monoisotopic (exact) mass is 401 g/mol. The Morgan fingerprint density at radius 3 is 2.19 bits per heavy atom. The quantitative estimate of drug-likeness (QED) is 0.421. The number of halogens is 3. The van der Waals surface area contributed by atoms with E-state index in [1.807, 2.05) is 0 Å². The number of nitrogens with zero attached hydrogens (tertiary/aromatic N) is 1. The van der Waals surface area contributed by atoms with Gasteiger partial charge in [-0.2, -0.15) is 13.2 Å². The lowest BCUT2D eigenvalue weighted by atomic mass is 10.1. The van der Waals surface area contributed by atoms with Gasteiger partial charge in [0.05, 0.1) is 5.56 Å². The molecule has 0 radical (unpaired) electrons. The fourth-order valence-electron chi connectivity index (χ4n) is 2.42. The van der Waals surface area contributed by atoms with Gasteiger partial charge in [0.15, 0.2) is 0 Å². The largest absolute Gasteiger partial charge is 0.439 e. The number of aromatic nitrogens is 1.